The third-order valence-corrected chi connectivity index (χ3v) is 2.11. The van der Waals surface area contributed by atoms with Gasteiger partial charge in [0.2, 0.25) is 5.91 Å². The Labute approximate surface area is 85.6 Å². The maximum absolute atomic E-state index is 12.3. The quantitative estimate of drug-likeness (QED) is 0.641. The number of carbonyl (C=O) groups excluding carboxylic acids is 1. The van der Waals surface area contributed by atoms with E-state index in [2.05, 4.69) is 0 Å². The fourth-order valence-corrected chi connectivity index (χ4v) is 0.741. The zero-order valence-electron chi connectivity index (χ0n) is 8.56. The first-order valence-corrected chi connectivity index (χ1v) is 4.44. The Kier molecular flexibility index (Phi) is 4.54. The van der Waals surface area contributed by atoms with Crippen molar-refractivity contribution in [2.75, 3.05) is 6.61 Å². The molecule has 7 heteroatoms. The largest absolute Gasteiger partial charge is 0.415 e. The molecule has 0 rings (SSSR count). The summed E-state index contributed by atoms with van der Waals surface area (Å²) in [6.45, 7) is 1.80. The molecule has 0 aliphatic rings. The summed E-state index contributed by atoms with van der Waals surface area (Å²) in [7, 11) is 0. The third kappa shape index (κ3) is 3.35. The van der Waals surface area contributed by atoms with E-state index >= 15 is 0 Å². The van der Waals surface area contributed by atoms with Crippen LogP contribution in [-0.4, -0.2) is 35.4 Å². The van der Waals surface area contributed by atoms with Crippen molar-refractivity contribution in [3.05, 3.63) is 0 Å². The number of hydrogen-bond donors (Lipinski definition) is 3. The summed E-state index contributed by atoms with van der Waals surface area (Å²) in [6, 6.07) is -0.706. The number of amides is 1. The smallest absolute Gasteiger partial charge is 0.394 e. The van der Waals surface area contributed by atoms with Crippen molar-refractivity contribution in [3.63, 3.8) is 0 Å². The Balaban J connectivity index is 4.58. The summed E-state index contributed by atoms with van der Waals surface area (Å²) in [4.78, 5) is 11.2. The molecule has 2 atom stereocenters. The van der Waals surface area contributed by atoms with Crippen LogP contribution in [0.1, 0.15) is 20.3 Å². The monoisotopic (exact) mass is 228 g/mol. The van der Waals surface area contributed by atoms with Crippen molar-refractivity contribution in [2.24, 2.45) is 5.73 Å². The van der Waals surface area contributed by atoms with E-state index in [9.17, 15) is 18.0 Å². The maximum atomic E-state index is 12.3. The molecule has 0 saturated heterocycles. The van der Waals surface area contributed by atoms with Crippen molar-refractivity contribution in [1.29, 1.82) is 0 Å². The van der Waals surface area contributed by atoms with E-state index in [1.54, 1.807) is 6.92 Å². The van der Waals surface area contributed by atoms with Crippen LogP contribution >= 0.6 is 0 Å². The minimum absolute atomic E-state index is 0.330. The first-order valence-electron chi connectivity index (χ1n) is 4.44. The fourth-order valence-electron chi connectivity index (χ4n) is 0.741. The topological polar surface area (TPSA) is 75.3 Å². The van der Waals surface area contributed by atoms with Gasteiger partial charge in [0, 0.05) is 0 Å². The zero-order valence-corrected chi connectivity index (χ0v) is 8.56. The third-order valence-electron chi connectivity index (χ3n) is 2.11. The Hall–Kier alpha value is -0.820. The van der Waals surface area contributed by atoms with Gasteiger partial charge < -0.3 is 16.2 Å². The number of nitrogens with two attached hydrogens (primary N) is 1. The Bertz CT molecular complexity index is 224. The normalized spacial score (nSPS) is 18.1. The van der Waals surface area contributed by atoms with Crippen LogP contribution in [0.4, 0.5) is 13.2 Å². The molecule has 90 valence electrons. The van der Waals surface area contributed by atoms with Crippen molar-refractivity contribution < 1.29 is 23.1 Å². The summed E-state index contributed by atoms with van der Waals surface area (Å²) < 4.78 is 36.9. The van der Waals surface area contributed by atoms with E-state index in [0.29, 0.717) is 13.3 Å². The van der Waals surface area contributed by atoms with Crippen LogP contribution in [-0.2, 0) is 4.79 Å². The summed E-state index contributed by atoms with van der Waals surface area (Å²) >= 11 is 0. The van der Waals surface area contributed by atoms with Gasteiger partial charge in [-0.2, -0.15) is 13.2 Å². The Morgan fingerprint density at radius 1 is 1.53 bits per heavy atom. The number of aliphatic hydroxyl groups excluding tert-OH is 1. The van der Waals surface area contributed by atoms with Crippen molar-refractivity contribution >= 4 is 5.91 Å². The second-order valence-corrected chi connectivity index (χ2v) is 3.46. The molecule has 0 bridgehead atoms. The van der Waals surface area contributed by atoms with Crippen LogP contribution in [0.2, 0.25) is 0 Å². The van der Waals surface area contributed by atoms with E-state index in [-0.39, 0.29) is 0 Å². The molecule has 1 amide bonds. The standard InChI is InChI=1S/C8H15F3N2O2/c1-3-5(4-14)13-6(15)7(2,12)8(9,10)11/h5,14H,3-4,12H2,1-2H3,(H,13,15). The molecule has 0 aliphatic heterocycles. The highest BCUT2D eigenvalue weighted by molar-refractivity contribution is 5.86. The maximum Gasteiger partial charge on any atom is 0.415 e. The molecule has 0 spiro atoms. The number of carbonyl (C=O) groups is 1. The van der Waals surface area contributed by atoms with Crippen LogP contribution in [0, 0.1) is 0 Å². The van der Waals surface area contributed by atoms with Gasteiger partial charge in [0.25, 0.3) is 0 Å². The lowest BCUT2D eigenvalue weighted by Crippen LogP contribution is -2.63. The molecule has 4 N–H and O–H groups in total. The van der Waals surface area contributed by atoms with Gasteiger partial charge in [-0.3, -0.25) is 4.79 Å². The van der Waals surface area contributed by atoms with Crippen LogP contribution in [0.5, 0.6) is 0 Å². The van der Waals surface area contributed by atoms with E-state index in [0.717, 1.165) is 0 Å². The number of rotatable bonds is 4. The van der Waals surface area contributed by atoms with Crippen LogP contribution in [0.3, 0.4) is 0 Å². The fraction of sp³-hybridized carbons (Fsp3) is 0.875. The highest BCUT2D eigenvalue weighted by atomic mass is 19.4. The van der Waals surface area contributed by atoms with E-state index in [1.807, 2.05) is 5.32 Å². The van der Waals surface area contributed by atoms with Crippen LogP contribution < -0.4 is 11.1 Å². The molecule has 0 heterocycles. The number of aliphatic hydroxyl groups is 1. The SMILES string of the molecule is CCC(CO)NC(=O)C(C)(N)C(F)(F)F. The predicted octanol–water partition coefficient (Wildman–Crippen LogP) is 0.153. The van der Waals surface area contributed by atoms with Gasteiger partial charge in [0.15, 0.2) is 5.54 Å². The summed E-state index contributed by atoms with van der Waals surface area (Å²) in [6.07, 6.45) is -4.49. The molecule has 4 nitrogen and oxygen atoms in total. The van der Waals surface area contributed by atoms with Gasteiger partial charge >= 0.3 is 6.18 Å². The molecule has 0 radical (unpaired) electrons. The molecule has 0 aromatic heterocycles. The highest BCUT2D eigenvalue weighted by Crippen LogP contribution is 2.28. The zero-order chi connectivity index (χ0) is 12.3. The Morgan fingerprint density at radius 3 is 2.27 bits per heavy atom. The van der Waals surface area contributed by atoms with E-state index < -0.39 is 30.3 Å². The molecule has 0 fully saturated rings. The second kappa shape index (κ2) is 4.80. The second-order valence-electron chi connectivity index (χ2n) is 3.46. The van der Waals surface area contributed by atoms with E-state index in [1.165, 1.54) is 0 Å². The van der Waals surface area contributed by atoms with Gasteiger partial charge in [0.05, 0.1) is 12.6 Å². The summed E-state index contributed by atoms with van der Waals surface area (Å²) in [5, 5.41) is 10.7. The molecule has 0 aromatic carbocycles. The summed E-state index contributed by atoms with van der Waals surface area (Å²) in [5.41, 5.74) is 1.94. The minimum atomic E-state index is -4.81. The van der Waals surface area contributed by atoms with Crippen molar-refractivity contribution in [1.82, 2.24) is 5.32 Å². The molecular weight excluding hydrogens is 213 g/mol. The van der Waals surface area contributed by atoms with Gasteiger partial charge in [-0.05, 0) is 13.3 Å². The molecular formula is C8H15F3N2O2. The minimum Gasteiger partial charge on any atom is -0.394 e. The predicted molar refractivity (Wildman–Crippen MR) is 48.0 cm³/mol. The number of halogens is 3. The molecule has 2 unspecified atom stereocenters. The molecule has 15 heavy (non-hydrogen) atoms. The number of hydrogen-bond acceptors (Lipinski definition) is 3. The first kappa shape index (κ1) is 14.2. The average Bonchev–Trinajstić information content (AvgIpc) is 2.11. The van der Waals surface area contributed by atoms with Crippen LogP contribution in [0.25, 0.3) is 0 Å². The van der Waals surface area contributed by atoms with Crippen molar-refractivity contribution in [2.45, 2.75) is 38.0 Å². The van der Waals surface area contributed by atoms with Gasteiger partial charge in [-0.15, -0.1) is 0 Å². The van der Waals surface area contributed by atoms with E-state index in [4.69, 9.17) is 10.8 Å². The Morgan fingerprint density at radius 2 is 2.00 bits per heavy atom. The highest BCUT2D eigenvalue weighted by Gasteiger charge is 2.54. The lowest BCUT2D eigenvalue weighted by atomic mass is 10.0. The van der Waals surface area contributed by atoms with Gasteiger partial charge in [-0.1, -0.05) is 6.92 Å². The van der Waals surface area contributed by atoms with Gasteiger partial charge in [-0.25, -0.2) is 0 Å². The van der Waals surface area contributed by atoms with Gasteiger partial charge in [0.1, 0.15) is 0 Å². The lowest BCUT2D eigenvalue weighted by Gasteiger charge is -2.28. The molecule has 0 aliphatic carbocycles. The summed E-state index contributed by atoms with van der Waals surface area (Å²) in [5.74, 6) is -1.34. The first-order chi connectivity index (χ1) is 6.66. The number of alkyl halides is 3. The van der Waals surface area contributed by atoms with Crippen LogP contribution in [0.15, 0.2) is 0 Å². The average molecular weight is 228 g/mol. The molecule has 0 saturated carbocycles. The molecule has 0 aromatic rings. The van der Waals surface area contributed by atoms with Crippen molar-refractivity contribution in [3.8, 4) is 0 Å². The number of nitrogens with one attached hydrogen (secondary N) is 1. The lowest BCUT2D eigenvalue weighted by molar-refractivity contribution is -0.187.